The maximum atomic E-state index is 12.9. The van der Waals surface area contributed by atoms with E-state index in [1.165, 1.54) is 0 Å². The summed E-state index contributed by atoms with van der Waals surface area (Å²) >= 11 is 0. The Kier molecular flexibility index (Phi) is 4.55. The van der Waals surface area contributed by atoms with E-state index in [1.807, 2.05) is 13.8 Å². The van der Waals surface area contributed by atoms with Crippen molar-refractivity contribution in [1.29, 1.82) is 0 Å². The molecule has 0 aromatic carbocycles. The topological polar surface area (TPSA) is 39.2 Å². The van der Waals surface area contributed by atoms with Crippen LogP contribution in [-0.2, 0) is 17.3 Å². The van der Waals surface area contributed by atoms with Crippen molar-refractivity contribution < 1.29 is 22.7 Å². The zero-order valence-electron chi connectivity index (χ0n) is 11.3. The number of nitrogens with zero attached hydrogens (tertiary/aromatic N) is 1. The van der Waals surface area contributed by atoms with Crippen LogP contribution in [0.15, 0.2) is 6.20 Å². The lowest BCUT2D eigenvalue weighted by Gasteiger charge is -2.17. The number of alkyl halides is 3. The van der Waals surface area contributed by atoms with Gasteiger partial charge >= 0.3 is 12.1 Å². The number of rotatable bonds is 3. The smallest absolute Gasteiger partial charge is 0.434 e. The van der Waals surface area contributed by atoms with Gasteiger partial charge in [-0.1, -0.05) is 13.8 Å². The first kappa shape index (κ1) is 15.5. The maximum Gasteiger partial charge on any atom is 0.434 e. The minimum Gasteiger partial charge on any atom is -0.465 e. The molecule has 3 nitrogen and oxygen atoms in total. The minimum absolute atomic E-state index is 0.116. The lowest BCUT2D eigenvalue weighted by Crippen LogP contribution is -2.20. The third-order valence-electron chi connectivity index (χ3n) is 2.67. The number of methoxy groups -OCH3 is 1. The summed E-state index contributed by atoms with van der Waals surface area (Å²) in [6.45, 7) is 5.37. The van der Waals surface area contributed by atoms with E-state index < -0.39 is 23.4 Å². The first-order valence-electron chi connectivity index (χ1n) is 5.82. The van der Waals surface area contributed by atoms with Gasteiger partial charge in [-0.15, -0.1) is 0 Å². The number of aryl methyl sites for hydroxylation is 1. The molecule has 0 aliphatic rings. The fourth-order valence-corrected chi connectivity index (χ4v) is 1.85. The molecule has 0 fully saturated rings. The molecule has 0 spiro atoms. The zero-order chi connectivity index (χ0) is 14.8. The van der Waals surface area contributed by atoms with E-state index >= 15 is 0 Å². The molecule has 19 heavy (non-hydrogen) atoms. The molecule has 1 rings (SSSR count). The van der Waals surface area contributed by atoms with Gasteiger partial charge in [-0.05, 0) is 30.4 Å². The molecule has 0 saturated heterocycles. The largest absolute Gasteiger partial charge is 0.465 e. The van der Waals surface area contributed by atoms with Crippen LogP contribution in [0.4, 0.5) is 13.2 Å². The second kappa shape index (κ2) is 5.59. The molecule has 0 aliphatic heterocycles. The predicted molar refractivity (Wildman–Crippen MR) is 63.9 cm³/mol. The van der Waals surface area contributed by atoms with Crippen LogP contribution in [0.2, 0.25) is 0 Å². The van der Waals surface area contributed by atoms with Crippen molar-refractivity contribution in [3.8, 4) is 0 Å². The average molecular weight is 275 g/mol. The van der Waals surface area contributed by atoms with E-state index in [-0.39, 0.29) is 5.92 Å². The monoisotopic (exact) mass is 275 g/mol. The minimum atomic E-state index is -4.68. The van der Waals surface area contributed by atoms with Gasteiger partial charge in [0.2, 0.25) is 0 Å². The van der Waals surface area contributed by atoms with E-state index in [9.17, 15) is 18.0 Å². The molecule has 1 aromatic rings. The number of aromatic nitrogens is 1. The van der Waals surface area contributed by atoms with Crippen LogP contribution in [0, 0.1) is 12.8 Å². The van der Waals surface area contributed by atoms with Crippen molar-refractivity contribution in [1.82, 2.24) is 4.98 Å². The Morgan fingerprint density at radius 3 is 2.42 bits per heavy atom. The number of carbonyl (C=O) groups excluding carboxylic acids is 1. The number of ether oxygens (including phenoxy) is 1. The van der Waals surface area contributed by atoms with Crippen molar-refractivity contribution in [3.63, 3.8) is 0 Å². The summed E-state index contributed by atoms with van der Waals surface area (Å²) in [7, 11) is 1.06. The molecule has 0 atom stereocenters. The quantitative estimate of drug-likeness (QED) is 0.794. The Balaban J connectivity index is 3.55. The molecule has 0 N–H and O–H groups in total. The number of pyridine rings is 1. The van der Waals surface area contributed by atoms with E-state index in [0.717, 1.165) is 13.3 Å². The van der Waals surface area contributed by atoms with E-state index in [4.69, 9.17) is 0 Å². The molecule has 0 radical (unpaired) electrons. The standard InChI is InChI=1S/C13H16F3NO2/c1-7(2)5-9-8(3)6-17-11(13(14,15)16)10(9)12(18)19-4/h6-7H,5H2,1-4H3. The molecule has 0 aliphatic carbocycles. The highest BCUT2D eigenvalue weighted by Crippen LogP contribution is 2.33. The predicted octanol–water partition coefficient (Wildman–Crippen LogP) is 3.39. The van der Waals surface area contributed by atoms with E-state index in [2.05, 4.69) is 9.72 Å². The first-order chi connectivity index (χ1) is 8.68. The van der Waals surface area contributed by atoms with Crippen LogP contribution >= 0.6 is 0 Å². The Morgan fingerprint density at radius 2 is 2.00 bits per heavy atom. The molecule has 106 valence electrons. The van der Waals surface area contributed by atoms with Gasteiger partial charge < -0.3 is 4.74 Å². The molecule has 0 unspecified atom stereocenters. The van der Waals surface area contributed by atoms with Crippen LogP contribution in [0.25, 0.3) is 0 Å². The number of esters is 1. The molecule has 1 heterocycles. The van der Waals surface area contributed by atoms with Crippen molar-refractivity contribution in [3.05, 3.63) is 28.6 Å². The summed E-state index contributed by atoms with van der Waals surface area (Å²) in [5.41, 5.74) is -0.740. The molecule has 1 aromatic heterocycles. The Labute approximate surface area is 109 Å². The second-order valence-corrected chi connectivity index (χ2v) is 4.73. The van der Waals surface area contributed by atoms with Crippen molar-refractivity contribution in [2.45, 2.75) is 33.4 Å². The number of hydrogen-bond acceptors (Lipinski definition) is 3. The third-order valence-corrected chi connectivity index (χ3v) is 2.67. The van der Waals surface area contributed by atoms with Crippen LogP contribution in [0.1, 0.15) is 41.0 Å². The number of carbonyl (C=O) groups is 1. The van der Waals surface area contributed by atoms with Gasteiger partial charge in [0, 0.05) is 6.20 Å². The van der Waals surface area contributed by atoms with Crippen molar-refractivity contribution in [2.24, 2.45) is 5.92 Å². The Morgan fingerprint density at radius 1 is 1.42 bits per heavy atom. The summed E-state index contributed by atoms with van der Waals surface area (Å²) in [4.78, 5) is 15.0. The summed E-state index contributed by atoms with van der Waals surface area (Å²) in [5.74, 6) is -0.884. The van der Waals surface area contributed by atoms with Crippen LogP contribution in [0.3, 0.4) is 0 Å². The summed E-state index contributed by atoms with van der Waals surface area (Å²) < 4.78 is 43.2. The van der Waals surface area contributed by atoms with Gasteiger partial charge in [0.1, 0.15) is 0 Å². The molecular formula is C13H16F3NO2. The van der Waals surface area contributed by atoms with Gasteiger partial charge in [-0.2, -0.15) is 13.2 Å². The first-order valence-corrected chi connectivity index (χ1v) is 5.82. The maximum absolute atomic E-state index is 12.9. The highest BCUT2D eigenvalue weighted by atomic mass is 19.4. The SMILES string of the molecule is COC(=O)c1c(C(F)(F)F)ncc(C)c1CC(C)C. The fourth-order valence-electron chi connectivity index (χ4n) is 1.85. The molecule has 0 bridgehead atoms. The van der Waals surface area contributed by atoms with Crippen molar-refractivity contribution >= 4 is 5.97 Å². The van der Waals surface area contributed by atoms with E-state index in [1.54, 1.807) is 6.92 Å². The number of hydrogen-bond donors (Lipinski definition) is 0. The van der Waals surface area contributed by atoms with E-state index in [0.29, 0.717) is 17.5 Å². The fraction of sp³-hybridized carbons (Fsp3) is 0.538. The van der Waals surface area contributed by atoms with Crippen molar-refractivity contribution in [2.75, 3.05) is 7.11 Å². The molecule has 0 saturated carbocycles. The molecule has 6 heteroatoms. The summed E-state index contributed by atoms with van der Waals surface area (Å²) in [5, 5.41) is 0. The normalized spacial score (nSPS) is 11.8. The highest BCUT2D eigenvalue weighted by molar-refractivity contribution is 5.92. The Hall–Kier alpha value is -1.59. The third kappa shape index (κ3) is 3.45. The summed E-state index contributed by atoms with van der Waals surface area (Å²) in [6.07, 6.45) is -3.17. The van der Waals surface area contributed by atoms with Crippen LogP contribution in [0.5, 0.6) is 0 Å². The highest BCUT2D eigenvalue weighted by Gasteiger charge is 2.39. The zero-order valence-corrected chi connectivity index (χ0v) is 11.3. The average Bonchev–Trinajstić information content (AvgIpc) is 2.28. The van der Waals surface area contributed by atoms with Gasteiger partial charge in [-0.25, -0.2) is 4.79 Å². The van der Waals surface area contributed by atoms with Crippen LogP contribution < -0.4 is 0 Å². The second-order valence-electron chi connectivity index (χ2n) is 4.73. The van der Waals surface area contributed by atoms with Gasteiger partial charge in [-0.3, -0.25) is 4.98 Å². The summed E-state index contributed by atoms with van der Waals surface area (Å²) in [6, 6.07) is 0. The number of halogens is 3. The van der Waals surface area contributed by atoms with Gasteiger partial charge in [0.25, 0.3) is 0 Å². The van der Waals surface area contributed by atoms with Gasteiger partial charge in [0.15, 0.2) is 5.69 Å². The molecular weight excluding hydrogens is 259 g/mol. The lowest BCUT2D eigenvalue weighted by molar-refractivity contribution is -0.141. The lowest BCUT2D eigenvalue weighted by atomic mass is 9.93. The molecule has 0 amide bonds. The Bertz CT molecular complexity index is 482. The van der Waals surface area contributed by atoms with Gasteiger partial charge in [0.05, 0.1) is 12.7 Å². The van der Waals surface area contributed by atoms with Crippen LogP contribution in [-0.4, -0.2) is 18.1 Å².